The van der Waals surface area contributed by atoms with E-state index in [9.17, 15) is 14.4 Å². The van der Waals surface area contributed by atoms with E-state index >= 15 is 0 Å². The van der Waals surface area contributed by atoms with Crippen molar-refractivity contribution >= 4 is 28.2 Å². The van der Waals surface area contributed by atoms with E-state index in [0.29, 0.717) is 29.2 Å². The predicted molar refractivity (Wildman–Crippen MR) is 128 cm³/mol. The van der Waals surface area contributed by atoms with Gasteiger partial charge in [-0.05, 0) is 36.3 Å². The number of aryl methyl sites for hydroxylation is 1. The number of carbonyl (C=O) groups is 2. The van der Waals surface area contributed by atoms with Crippen LogP contribution < -0.4 is 10.9 Å². The molecule has 6 nitrogen and oxygen atoms in total. The summed E-state index contributed by atoms with van der Waals surface area (Å²) in [4.78, 5) is 45.1. The van der Waals surface area contributed by atoms with Crippen molar-refractivity contribution < 1.29 is 9.59 Å². The number of nitrogens with one attached hydrogen (secondary N) is 2. The van der Waals surface area contributed by atoms with Gasteiger partial charge in [-0.1, -0.05) is 51.5 Å². The van der Waals surface area contributed by atoms with Crippen LogP contribution in [0.2, 0.25) is 0 Å². The number of thiazole rings is 1. The van der Waals surface area contributed by atoms with E-state index in [2.05, 4.69) is 34.3 Å². The molecule has 7 heteroatoms. The zero-order chi connectivity index (χ0) is 22.9. The lowest BCUT2D eigenvalue weighted by molar-refractivity contribution is 0.0910. The van der Waals surface area contributed by atoms with E-state index in [1.807, 2.05) is 31.4 Å². The highest BCUT2D eigenvalue weighted by Gasteiger charge is 2.32. The molecule has 166 valence electrons. The van der Waals surface area contributed by atoms with Crippen molar-refractivity contribution in [1.29, 1.82) is 0 Å². The first-order chi connectivity index (χ1) is 15.3. The number of pyridine rings is 1. The minimum atomic E-state index is -0.567. The molecule has 2 aromatic heterocycles. The Bertz CT molecular complexity index is 1220. The first kappa shape index (κ1) is 22.1. The number of fused-ring (bicyclic) bond motifs is 1. The molecule has 0 atom stereocenters. The summed E-state index contributed by atoms with van der Waals surface area (Å²) in [5.41, 5.74) is 3.29. The summed E-state index contributed by atoms with van der Waals surface area (Å²) >= 11 is 1.30. The van der Waals surface area contributed by atoms with Gasteiger partial charge in [0.05, 0.1) is 5.69 Å². The van der Waals surface area contributed by atoms with Crippen molar-refractivity contribution in [3.63, 3.8) is 0 Å². The minimum Gasteiger partial charge on any atom is -0.325 e. The molecule has 1 aromatic carbocycles. The minimum absolute atomic E-state index is 0.0551. The van der Waals surface area contributed by atoms with Crippen LogP contribution >= 0.6 is 11.3 Å². The maximum atomic E-state index is 12.8. The molecule has 0 aliphatic heterocycles. The summed E-state index contributed by atoms with van der Waals surface area (Å²) in [6, 6.07) is 9.70. The monoisotopic (exact) mass is 449 g/mol. The Labute approximate surface area is 191 Å². The van der Waals surface area contributed by atoms with Crippen LogP contribution in [0, 0.1) is 5.41 Å². The Morgan fingerprint density at radius 2 is 1.94 bits per heavy atom. The average molecular weight is 450 g/mol. The van der Waals surface area contributed by atoms with Gasteiger partial charge in [0.2, 0.25) is 0 Å². The molecule has 0 spiro atoms. The van der Waals surface area contributed by atoms with Crippen molar-refractivity contribution in [3.8, 4) is 11.3 Å². The second kappa shape index (κ2) is 8.82. The van der Waals surface area contributed by atoms with Crippen molar-refractivity contribution in [1.82, 2.24) is 9.97 Å². The molecule has 0 radical (unpaired) electrons. The predicted octanol–water partition coefficient (Wildman–Crippen LogP) is 5.25. The molecule has 4 rings (SSSR count). The van der Waals surface area contributed by atoms with Gasteiger partial charge in [-0.15, -0.1) is 11.3 Å². The first-order valence-corrected chi connectivity index (χ1v) is 11.8. The number of H-pyrrole nitrogens is 1. The fourth-order valence-electron chi connectivity index (χ4n) is 4.05. The molecule has 0 unspecified atom stereocenters. The number of rotatable bonds is 6. The SMILES string of the molecule is CCCCc1ccc(-c2csc(NC(=O)c3cc4c([nH]c3=O)CC(C)(C)CC4=O)n2)cc1. The standard InChI is InChI=1S/C25H27N3O3S/c1-4-5-6-15-7-9-16(10-8-15)20-14-32-24(27-20)28-23(31)18-11-17-19(26-22(18)30)12-25(2,3)13-21(17)29/h7-11,14H,4-6,12-13H2,1-3H3,(H,26,30)(H,27,28,31). The number of amides is 1. The molecule has 32 heavy (non-hydrogen) atoms. The van der Waals surface area contributed by atoms with Gasteiger partial charge < -0.3 is 4.98 Å². The van der Waals surface area contributed by atoms with Crippen molar-refractivity contribution in [2.75, 3.05) is 5.32 Å². The molecule has 2 heterocycles. The molecule has 1 aliphatic rings. The van der Waals surface area contributed by atoms with Gasteiger partial charge in [-0.25, -0.2) is 4.98 Å². The van der Waals surface area contributed by atoms with E-state index in [1.165, 1.54) is 23.0 Å². The van der Waals surface area contributed by atoms with Gasteiger partial charge >= 0.3 is 0 Å². The highest BCUT2D eigenvalue weighted by Crippen LogP contribution is 2.33. The lowest BCUT2D eigenvalue weighted by Gasteiger charge is -2.29. The Balaban J connectivity index is 1.51. The second-order valence-corrected chi connectivity index (χ2v) is 10.00. The number of nitrogens with zero attached hydrogens (tertiary/aromatic N) is 1. The number of anilines is 1. The van der Waals surface area contributed by atoms with E-state index in [4.69, 9.17) is 0 Å². The normalized spacial score (nSPS) is 14.8. The van der Waals surface area contributed by atoms with E-state index in [1.54, 1.807) is 0 Å². The second-order valence-electron chi connectivity index (χ2n) is 9.14. The first-order valence-electron chi connectivity index (χ1n) is 10.9. The van der Waals surface area contributed by atoms with E-state index < -0.39 is 11.5 Å². The Morgan fingerprint density at radius 3 is 2.66 bits per heavy atom. The lowest BCUT2D eigenvalue weighted by atomic mass is 9.75. The van der Waals surface area contributed by atoms with Gasteiger partial charge in [0.1, 0.15) is 5.56 Å². The number of aromatic amines is 1. The number of carbonyl (C=O) groups excluding carboxylic acids is 2. The third-order valence-corrected chi connectivity index (χ3v) is 6.51. The molecular weight excluding hydrogens is 422 g/mol. The number of hydrogen-bond donors (Lipinski definition) is 2. The average Bonchev–Trinajstić information content (AvgIpc) is 3.19. The maximum Gasteiger partial charge on any atom is 0.263 e. The summed E-state index contributed by atoms with van der Waals surface area (Å²) in [6.07, 6.45) is 4.37. The van der Waals surface area contributed by atoms with Gasteiger partial charge in [0, 0.05) is 28.6 Å². The highest BCUT2D eigenvalue weighted by atomic mass is 32.1. The van der Waals surface area contributed by atoms with E-state index in [-0.39, 0.29) is 16.8 Å². The van der Waals surface area contributed by atoms with Crippen molar-refractivity contribution in [2.45, 2.75) is 52.9 Å². The zero-order valence-corrected chi connectivity index (χ0v) is 19.4. The Kier molecular flexibility index (Phi) is 6.11. The molecule has 0 saturated heterocycles. The Hall–Kier alpha value is -3.06. The number of hydrogen-bond acceptors (Lipinski definition) is 5. The van der Waals surface area contributed by atoms with Gasteiger partial charge in [0.25, 0.3) is 11.5 Å². The van der Waals surface area contributed by atoms with Crippen LogP contribution in [0.15, 0.2) is 40.5 Å². The summed E-state index contributed by atoms with van der Waals surface area (Å²) in [5.74, 6) is -0.622. The van der Waals surface area contributed by atoms with Crippen molar-refractivity contribution in [3.05, 3.63) is 68.4 Å². The number of aromatic nitrogens is 2. The summed E-state index contributed by atoms with van der Waals surface area (Å²) in [7, 11) is 0. The van der Waals surface area contributed by atoms with Crippen molar-refractivity contribution in [2.24, 2.45) is 5.41 Å². The summed E-state index contributed by atoms with van der Waals surface area (Å²) in [5, 5.41) is 4.98. The number of ketones is 1. The van der Waals surface area contributed by atoms with Crippen LogP contribution in [0.1, 0.15) is 72.0 Å². The van der Waals surface area contributed by atoms with Gasteiger partial charge in [0.15, 0.2) is 10.9 Å². The fraction of sp³-hybridized carbons (Fsp3) is 0.360. The molecular formula is C25H27N3O3S. The zero-order valence-electron chi connectivity index (χ0n) is 18.6. The van der Waals surface area contributed by atoms with Crippen LogP contribution in [0.25, 0.3) is 11.3 Å². The third-order valence-electron chi connectivity index (χ3n) is 5.76. The molecule has 0 fully saturated rings. The summed E-state index contributed by atoms with van der Waals surface area (Å²) < 4.78 is 0. The highest BCUT2D eigenvalue weighted by molar-refractivity contribution is 7.14. The third kappa shape index (κ3) is 4.72. The largest absolute Gasteiger partial charge is 0.325 e. The molecule has 0 saturated carbocycles. The van der Waals surface area contributed by atoms with Crippen LogP contribution in [0.3, 0.4) is 0 Å². The Morgan fingerprint density at radius 1 is 1.19 bits per heavy atom. The van der Waals surface area contributed by atoms with Crippen LogP contribution in [0.4, 0.5) is 5.13 Å². The maximum absolute atomic E-state index is 12.8. The molecule has 3 aromatic rings. The number of unbranched alkanes of at least 4 members (excludes halogenated alkanes) is 1. The van der Waals surface area contributed by atoms with Gasteiger partial charge in [-0.3, -0.25) is 19.7 Å². The number of Topliss-reactive ketones (excluding diaryl/α,β-unsaturated/α-hetero) is 1. The lowest BCUT2D eigenvalue weighted by Crippen LogP contribution is -2.32. The smallest absolute Gasteiger partial charge is 0.263 e. The van der Waals surface area contributed by atoms with E-state index in [0.717, 1.165) is 30.5 Å². The molecule has 1 aliphatic carbocycles. The van der Waals surface area contributed by atoms with Crippen LogP contribution in [-0.4, -0.2) is 21.7 Å². The molecule has 0 bridgehead atoms. The molecule has 2 N–H and O–H groups in total. The van der Waals surface area contributed by atoms with Crippen LogP contribution in [-0.2, 0) is 12.8 Å². The topological polar surface area (TPSA) is 91.9 Å². The quantitative estimate of drug-likeness (QED) is 0.538. The van der Waals surface area contributed by atoms with Gasteiger partial charge in [-0.2, -0.15) is 0 Å². The van der Waals surface area contributed by atoms with Crippen LogP contribution in [0.5, 0.6) is 0 Å². The number of benzene rings is 1. The fourth-order valence-corrected chi connectivity index (χ4v) is 4.76. The molecule has 1 amide bonds. The summed E-state index contributed by atoms with van der Waals surface area (Å²) in [6.45, 7) is 6.16.